The van der Waals surface area contributed by atoms with Crippen LogP contribution in [0.25, 0.3) is 0 Å². The highest BCUT2D eigenvalue weighted by Gasteiger charge is 2.15. The van der Waals surface area contributed by atoms with E-state index in [1.165, 1.54) is 0 Å². The summed E-state index contributed by atoms with van der Waals surface area (Å²) in [7, 11) is 0. The lowest BCUT2D eigenvalue weighted by molar-refractivity contribution is -0.119. The molecule has 0 spiro atoms. The van der Waals surface area contributed by atoms with Gasteiger partial charge in [-0.05, 0) is 31.0 Å². The highest BCUT2D eigenvalue weighted by Crippen LogP contribution is 2.17. The van der Waals surface area contributed by atoms with Gasteiger partial charge in [-0.2, -0.15) is 5.10 Å². The van der Waals surface area contributed by atoms with E-state index in [1.807, 2.05) is 37.3 Å². The van der Waals surface area contributed by atoms with Crippen molar-refractivity contribution in [1.82, 2.24) is 9.78 Å². The average molecular weight is 243 g/mol. The second kappa shape index (κ2) is 5.49. The Hall–Kier alpha value is -2.10. The molecule has 1 amide bonds. The van der Waals surface area contributed by atoms with Gasteiger partial charge in [-0.25, -0.2) is 0 Å². The van der Waals surface area contributed by atoms with Crippen molar-refractivity contribution in [3.8, 4) is 0 Å². The van der Waals surface area contributed by atoms with Crippen molar-refractivity contribution in [2.45, 2.75) is 26.3 Å². The normalized spacial score (nSPS) is 12.1. The lowest BCUT2D eigenvalue weighted by Gasteiger charge is -2.14. The molecule has 2 aromatic rings. The smallest absolute Gasteiger partial charge is 0.248 e. The Labute approximate surface area is 107 Å². The summed E-state index contributed by atoms with van der Waals surface area (Å²) in [6, 6.07) is 9.34. The van der Waals surface area contributed by atoms with E-state index in [-0.39, 0.29) is 11.9 Å². The maximum absolute atomic E-state index is 12.1. The first-order valence-corrected chi connectivity index (χ1v) is 6.10. The van der Waals surface area contributed by atoms with Crippen molar-refractivity contribution in [1.29, 1.82) is 0 Å². The Balaban J connectivity index is 2.12. The number of anilines is 1. The number of para-hydroxylation sites is 1. The third-order valence-electron chi connectivity index (χ3n) is 2.96. The molecule has 94 valence electrons. The van der Waals surface area contributed by atoms with E-state index in [2.05, 4.69) is 17.3 Å². The van der Waals surface area contributed by atoms with E-state index in [1.54, 1.807) is 17.1 Å². The number of aryl methyl sites for hydroxylation is 1. The van der Waals surface area contributed by atoms with Crippen molar-refractivity contribution in [3.05, 3.63) is 48.3 Å². The highest BCUT2D eigenvalue weighted by molar-refractivity contribution is 5.94. The summed E-state index contributed by atoms with van der Waals surface area (Å²) in [5.74, 6) is -0.0559. The summed E-state index contributed by atoms with van der Waals surface area (Å²) < 4.78 is 1.64. The van der Waals surface area contributed by atoms with Gasteiger partial charge in [-0.1, -0.05) is 25.1 Å². The summed E-state index contributed by atoms with van der Waals surface area (Å²) in [6.07, 6.45) is 4.35. The fourth-order valence-corrected chi connectivity index (χ4v) is 1.82. The summed E-state index contributed by atoms with van der Waals surface area (Å²) >= 11 is 0. The van der Waals surface area contributed by atoms with Crippen molar-refractivity contribution in [3.63, 3.8) is 0 Å². The molecule has 1 aromatic heterocycles. The highest BCUT2D eigenvalue weighted by atomic mass is 16.2. The molecule has 1 atom stereocenters. The fourth-order valence-electron chi connectivity index (χ4n) is 1.82. The molecule has 1 heterocycles. The van der Waals surface area contributed by atoms with E-state index in [0.29, 0.717) is 0 Å². The number of amides is 1. The molecule has 0 aliphatic carbocycles. The Morgan fingerprint density at radius 2 is 2.17 bits per heavy atom. The first-order chi connectivity index (χ1) is 8.72. The van der Waals surface area contributed by atoms with Crippen molar-refractivity contribution in [2.24, 2.45) is 0 Å². The van der Waals surface area contributed by atoms with Crippen LogP contribution in [0.15, 0.2) is 42.7 Å². The minimum absolute atomic E-state index is 0.0559. The van der Waals surface area contributed by atoms with E-state index < -0.39 is 0 Å². The standard InChI is InChI=1S/C14H17N3O/c1-3-12-7-4-5-8-13(12)16-14(18)11(2)17-10-6-9-15-17/h4-11H,3H2,1-2H3,(H,16,18)/t11-/m1/s1. The molecular weight excluding hydrogens is 226 g/mol. The number of nitrogens with zero attached hydrogens (tertiary/aromatic N) is 2. The summed E-state index contributed by atoms with van der Waals surface area (Å²) in [5.41, 5.74) is 2.02. The zero-order valence-corrected chi connectivity index (χ0v) is 10.6. The van der Waals surface area contributed by atoms with Gasteiger partial charge in [0.2, 0.25) is 5.91 Å². The summed E-state index contributed by atoms with van der Waals surface area (Å²) in [5, 5.41) is 7.03. The van der Waals surface area contributed by atoms with Crippen LogP contribution in [0.3, 0.4) is 0 Å². The van der Waals surface area contributed by atoms with Crippen LogP contribution >= 0.6 is 0 Å². The van der Waals surface area contributed by atoms with E-state index in [0.717, 1.165) is 17.7 Å². The number of nitrogens with one attached hydrogen (secondary N) is 1. The van der Waals surface area contributed by atoms with Crippen LogP contribution < -0.4 is 5.32 Å². The van der Waals surface area contributed by atoms with Gasteiger partial charge in [0.25, 0.3) is 0 Å². The molecule has 0 unspecified atom stereocenters. The maximum Gasteiger partial charge on any atom is 0.248 e. The molecule has 0 saturated carbocycles. The average Bonchev–Trinajstić information content (AvgIpc) is 2.92. The number of rotatable bonds is 4. The lowest BCUT2D eigenvalue weighted by atomic mass is 10.1. The van der Waals surface area contributed by atoms with Crippen LogP contribution in [0.1, 0.15) is 25.5 Å². The number of aromatic nitrogens is 2. The van der Waals surface area contributed by atoms with E-state index in [4.69, 9.17) is 0 Å². The van der Waals surface area contributed by atoms with Crippen LogP contribution in [-0.4, -0.2) is 15.7 Å². The van der Waals surface area contributed by atoms with Gasteiger partial charge in [0.05, 0.1) is 0 Å². The summed E-state index contributed by atoms with van der Waals surface area (Å²) in [4.78, 5) is 12.1. The van der Waals surface area contributed by atoms with Crippen LogP contribution in [-0.2, 0) is 11.2 Å². The molecule has 0 saturated heterocycles. The first-order valence-electron chi connectivity index (χ1n) is 6.10. The van der Waals surface area contributed by atoms with Crippen LogP contribution in [0.4, 0.5) is 5.69 Å². The molecule has 0 aliphatic rings. The number of carbonyl (C=O) groups excluding carboxylic acids is 1. The Bertz CT molecular complexity index is 520. The Kier molecular flexibility index (Phi) is 3.77. The second-order valence-electron chi connectivity index (χ2n) is 4.16. The number of hydrogen-bond acceptors (Lipinski definition) is 2. The lowest BCUT2D eigenvalue weighted by Crippen LogP contribution is -2.24. The minimum Gasteiger partial charge on any atom is -0.324 e. The monoisotopic (exact) mass is 243 g/mol. The third-order valence-corrected chi connectivity index (χ3v) is 2.96. The molecule has 4 nitrogen and oxygen atoms in total. The van der Waals surface area contributed by atoms with Gasteiger partial charge in [-0.3, -0.25) is 9.48 Å². The van der Waals surface area contributed by atoms with Gasteiger partial charge < -0.3 is 5.32 Å². The number of hydrogen-bond donors (Lipinski definition) is 1. The van der Waals surface area contributed by atoms with Gasteiger partial charge in [0.1, 0.15) is 6.04 Å². The topological polar surface area (TPSA) is 46.9 Å². The molecule has 1 N–H and O–H groups in total. The second-order valence-corrected chi connectivity index (χ2v) is 4.16. The van der Waals surface area contributed by atoms with Crippen molar-refractivity contribution in [2.75, 3.05) is 5.32 Å². The molecule has 0 bridgehead atoms. The quantitative estimate of drug-likeness (QED) is 0.897. The van der Waals surface area contributed by atoms with Crippen molar-refractivity contribution < 1.29 is 4.79 Å². The van der Waals surface area contributed by atoms with Crippen LogP contribution in [0.5, 0.6) is 0 Å². The minimum atomic E-state index is -0.315. The maximum atomic E-state index is 12.1. The van der Waals surface area contributed by atoms with Crippen molar-refractivity contribution >= 4 is 11.6 Å². The molecule has 0 aliphatic heterocycles. The SMILES string of the molecule is CCc1ccccc1NC(=O)[C@@H](C)n1cccn1. The van der Waals surface area contributed by atoms with Gasteiger partial charge in [0, 0.05) is 18.1 Å². The predicted octanol–water partition coefficient (Wildman–Crippen LogP) is 2.65. The Morgan fingerprint density at radius 3 is 2.83 bits per heavy atom. The fraction of sp³-hybridized carbons (Fsp3) is 0.286. The zero-order chi connectivity index (χ0) is 13.0. The predicted molar refractivity (Wildman–Crippen MR) is 71.4 cm³/mol. The Morgan fingerprint density at radius 1 is 1.39 bits per heavy atom. The molecule has 0 radical (unpaired) electrons. The molecule has 2 rings (SSSR count). The van der Waals surface area contributed by atoms with Crippen LogP contribution in [0, 0.1) is 0 Å². The zero-order valence-electron chi connectivity index (χ0n) is 10.6. The molecule has 0 fully saturated rings. The van der Waals surface area contributed by atoms with Gasteiger partial charge in [0.15, 0.2) is 0 Å². The largest absolute Gasteiger partial charge is 0.324 e. The third kappa shape index (κ3) is 2.59. The number of carbonyl (C=O) groups is 1. The molecule has 18 heavy (non-hydrogen) atoms. The molecule has 1 aromatic carbocycles. The van der Waals surface area contributed by atoms with Crippen LogP contribution in [0.2, 0.25) is 0 Å². The van der Waals surface area contributed by atoms with E-state index >= 15 is 0 Å². The molecular formula is C14H17N3O. The van der Waals surface area contributed by atoms with Gasteiger partial charge in [-0.15, -0.1) is 0 Å². The number of benzene rings is 1. The first kappa shape index (κ1) is 12.4. The van der Waals surface area contributed by atoms with Gasteiger partial charge >= 0.3 is 0 Å². The van der Waals surface area contributed by atoms with E-state index in [9.17, 15) is 4.79 Å². The molecule has 4 heteroatoms. The summed E-state index contributed by atoms with van der Waals surface area (Å²) in [6.45, 7) is 3.90.